The van der Waals surface area contributed by atoms with Crippen LogP contribution in [0, 0.1) is 11.7 Å². The smallest absolute Gasteiger partial charge is 0.127 e. The number of hydrogen-bond acceptors (Lipinski definition) is 1. The van der Waals surface area contributed by atoms with Crippen LogP contribution < -0.4 is 0 Å². The maximum Gasteiger partial charge on any atom is 0.127 e. The number of aldehydes is 1. The average Bonchev–Trinajstić information content (AvgIpc) is 2.93. The van der Waals surface area contributed by atoms with E-state index in [0.717, 1.165) is 24.7 Å². The van der Waals surface area contributed by atoms with E-state index in [9.17, 15) is 9.18 Å². The molecule has 0 aliphatic heterocycles. The maximum atomic E-state index is 12.8. The highest BCUT2D eigenvalue weighted by Crippen LogP contribution is 2.43. The number of halogens is 2. The molecule has 0 radical (unpaired) electrons. The van der Waals surface area contributed by atoms with Crippen molar-refractivity contribution >= 4 is 17.9 Å². The molecule has 1 aromatic carbocycles. The first kappa shape index (κ1) is 9.66. The van der Waals surface area contributed by atoms with E-state index in [0.29, 0.717) is 10.9 Å². The van der Waals surface area contributed by atoms with Gasteiger partial charge in [-0.25, -0.2) is 4.39 Å². The SMILES string of the molecule is O=CC(c1ccc(F)cc1Cl)C1CC1. The summed E-state index contributed by atoms with van der Waals surface area (Å²) >= 11 is 5.88. The van der Waals surface area contributed by atoms with Gasteiger partial charge in [-0.05, 0) is 36.5 Å². The minimum absolute atomic E-state index is 0.150. The predicted molar refractivity (Wildman–Crippen MR) is 52.9 cm³/mol. The fraction of sp³-hybridized carbons (Fsp3) is 0.364. The Kier molecular flexibility index (Phi) is 2.55. The van der Waals surface area contributed by atoms with Crippen LogP contribution >= 0.6 is 11.6 Å². The lowest BCUT2D eigenvalue weighted by Gasteiger charge is -2.10. The van der Waals surface area contributed by atoms with Crippen molar-refractivity contribution in [3.05, 3.63) is 34.6 Å². The molecular formula is C11H10ClFO. The van der Waals surface area contributed by atoms with Crippen molar-refractivity contribution in [3.8, 4) is 0 Å². The molecule has 1 nitrogen and oxygen atoms in total. The van der Waals surface area contributed by atoms with Crippen LogP contribution in [0.4, 0.5) is 4.39 Å². The Hall–Kier alpha value is -0.890. The van der Waals surface area contributed by atoms with Gasteiger partial charge in [0.2, 0.25) is 0 Å². The molecule has 1 aromatic rings. The number of benzene rings is 1. The molecule has 0 spiro atoms. The summed E-state index contributed by atoms with van der Waals surface area (Å²) in [5.74, 6) is -0.0993. The van der Waals surface area contributed by atoms with Crippen LogP contribution in [-0.2, 0) is 4.79 Å². The molecule has 0 heterocycles. The molecule has 74 valence electrons. The number of carbonyl (C=O) groups excluding carboxylic acids is 1. The summed E-state index contributed by atoms with van der Waals surface area (Å²) in [4.78, 5) is 10.9. The molecule has 1 saturated carbocycles. The first-order chi connectivity index (χ1) is 6.72. The molecule has 0 N–H and O–H groups in total. The van der Waals surface area contributed by atoms with E-state index in [2.05, 4.69) is 0 Å². The number of carbonyl (C=O) groups is 1. The lowest BCUT2D eigenvalue weighted by atomic mass is 9.96. The van der Waals surface area contributed by atoms with E-state index >= 15 is 0 Å². The van der Waals surface area contributed by atoms with Crippen LogP contribution in [0.25, 0.3) is 0 Å². The normalized spacial score (nSPS) is 17.9. The van der Waals surface area contributed by atoms with Gasteiger partial charge in [-0.1, -0.05) is 17.7 Å². The van der Waals surface area contributed by atoms with Gasteiger partial charge in [0.05, 0.1) is 0 Å². The van der Waals surface area contributed by atoms with E-state index in [1.165, 1.54) is 12.1 Å². The van der Waals surface area contributed by atoms with E-state index in [4.69, 9.17) is 11.6 Å². The molecule has 1 fully saturated rings. The molecular weight excluding hydrogens is 203 g/mol. The molecule has 3 heteroatoms. The zero-order chi connectivity index (χ0) is 10.1. The molecule has 1 aliphatic carbocycles. The quantitative estimate of drug-likeness (QED) is 0.704. The molecule has 0 aromatic heterocycles. The molecule has 0 saturated heterocycles. The molecule has 1 aliphatic rings. The lowest BCUT2D eigenvalue weighted by molar-refractivity contribution is -0.109. The van der Waals surface area contributed by atoms with E-state index in [-0.39, 0.29) is 11.7 Å². The van der Waals surface area contributed by atoms with Crippen LogP contribution in [0.1, 0.15) is 24.3 Å². The van der Waals surface area contributed by atoms with E-state index < -0.39 is 0 Å². The third-order valence-corrected chi connectivity index (χ3v) is 2.93. The Balaban J connectivity index is 2.33. The molecule has 0 amide bonds. The van der Waals surface area contributed by atoms with Crippen LogP contribution in [0.3, 0.4) is 0 Å². The first-order valence-corrected chi connectivity index (χ1v) is 5.00. The van der Waals surface area contributed by atoms with Crippen LogP contribution in [0.2, 0.25) is 5.02 Å². The monoisotopic (exact) mass is 212 g/mol. The standard InChI is InChI=1S/C11H10ClFO/c12-11-5-8(13)3-4-9(11)10(6-14)7-1-2-7/h3-7,10H,1-2H2. The fourth-order valence-corrected chi connectivity index (χ4v) is 1.96. The van der Waals surface area contributed by atoms with Gasteiger partial charge in [-0.2, -0.15) is 0 Å². The van der Waals surface area contributed by atoms with Gasteiger partial charge in [0.1, 0.15) is 12.1 Å². The minimum Gasteiger partial charge on any atom is -0.303 e. The Bertz CT molecular complexity index is 360. The topological polar surface area (TPSA) is 17.1 Å². The number of hydrogen-bond donors (Lipinski definition) is 0. The van der Waals surface area contributed by atoms with Crippen LogP contribution in [0.15, 0.2) is 18.2 Å². The molecule has 2 rings (SSSR count). The number of rotatable bonds is 3. The second kappa shape index (κ2) is 3.70. The van der Waals surface area contributed by atoms with E-state index in [1.54, 1.807) is 6.07 Å². The largest absolute Gasteiger partial charge is 0.303 e. The van der Waals surface area contributed by atoms with Crippen LogP contribution in [0.5, 0.6) is 0 Å². The molecule has 1 atom stereocenters. The van der Waals surface area contributed by atoms with E-state index in [1.807, 2.05) is 0 Å². The van der Waals surface area contributed by atoms with Crippen molar-refractivity contribution in [3.63, 3.8) is 0 Å². The van der Waals surface area contributed by atoms with Gasteiger partial charge in [-0.3, -0.25) is 0 Å². The van der Waals surface area contributed by atoms with Crippen molar-refractivity contribution in [2.75, 3.05) is 0 Å². The van der Waals surface area contributed by atoms with Crippen molar-refractivity contribution in [2.24, 2.45) is 5.92 Å². The van der Waals surface area contributed by atoms with Gasteiger partial charge in [0.15, 0.2) is 0 Å². The van der Waals surface area contributed by atoms with Crippen molar-refractivity contribution in [1.29, 1.82) is 0 Å². The molecule has 1 unspecified atom stereocenters. The van der Waals surface area contributed by atoms with Crippen LogP contribution in [-0.4, -0.2) is 6.29 Å². The second-order valence-electron chi connectivity index (χ2n) is 3.67. The highest BCUT2D eigenvalue weighted by atomic mass is 35.5. The third kappa shape index (κ3) is 1.80. The predicted octanol–water partition coefficient (Wildman–Crippen LogP) is 3.17. The summed E-state index contributed by atoms with van der Waals surface area (Å²) in [6.07, 6.45) is 3.05. The Morgan fingerprint density at radius 3 is 2.71 bits per heavy atom. The molecule has 0 bridgehead atoms. The second-order valence-corrected chi connectivity index (χ2v) is 4.07. The Morgan fingerprint density at radius 1 is 1.50 bits per heavy atom. The van der Waals surface area contributed by atoms with Gasteiger partial charge in [0, 0.05) is 10.9 Å². The minimum atomic E-state index is -0.362. The van der Waals surface area contributed by atoms with Gasteiger partial charge in [0.25, 0.3) is 0 Å². The van der Waals surface area contributed by atoms with Crippen molar-refractivity contribution in [2.45, 2.75) is 18.8 Å². The molecule has 14 heavy (non-hydrogen) atoms. The lowest BCUT2D eigenvalue weighted by Crippen LogP contribution is -2.03. The first-order valence-electron chi connectivity index (χ1n) is 4.62. The van der Waals surface area contributed by atoms with Gasteiger partial charge < -0.3 is 4.79 Å². The van der Waals surface area contributed by atoms with Gasteiger partial charge in [-0.15, -0.1) is 0 Å². The summed E-state index contributed by atoms with van der Waals surface area (Å²) < 4.78 is 12.8. The summed E-state index contributed by atoms with van der Waals surface area (Å²) in [5, 5.41) is 0.356. The Morgan fingerprint density at radius 2 is 2.21 bits per heavy atom. The maximum absolute atomic E-state index is 12.8. The van der Waals surface area contributed by atoms with Gasteiger partial charge >= 0.3 is 0 Å². The summed E-state index contributed by atoms with van der Waals surface area (Å²) in [7, 11) is 0. The third-order valence-electron chi connectivity index (χ3n) is 2.60. The van der Waals surface area contributed by atoms with Crippen molar-refractivity contribution in [1.82, 2.24) is 0 Å². The fourth-order valence-electron chi connectivity index (χ4n) is 1.67. The Labute approximate surface area is 86.9 Å². The summed E-state index contributed by atoms with van der Waals surface area (Å²) in [6, 6.07) is 4.21. The average molecular weight is 213 g/mol. The van der Waals surface area contributed by atoms with Crippen molar-refractivity contribution < 1.29 is 9.18 Å². The zero-order valence-electron chi connectivity index (χ0n) is 7.54. The zero-order valence-corrected chi connectivity index (χ0v) is 8.30. The highest BCUT2D eigenvalue weighted by molar-refractivity contribution is 6.31. The highest BCUT2D eigenvalue weighted by Gasteiger charge is 2.33. The summed E-state index contributed by atoms with van der Waals surface area (Å²) in [6.45, 7) is 0. The summed E-state index contributed by atoms with van der Waals surface area (Å²) in [5.41, 5.74) is 0.755.